The zero-order valence-electron chi connectivity index (χ0n) is 15.8. The van der Waals surface area contributed by atoms with E-state index in [1.165, 1.54) is 5.56 Å². The SMILES string of the molecule is C[C@@H]1Oc2ccc(NC(=O)c3ccc(C(C)(C)C)cc3)cc2N(C)C1=O. The molecule has 1 aliphatic heterocycles. The Labute approximate surface area is 154 Å². The molecular formula is C21H24N2O3. The molecule has 2 aromatic carbocycles. The van der Waals surface area contributed by atoms with Crippen LogP contribution in [0.4, 0.5) is 11.4 Å². The average Bonchev–Trinajstić information content (AvgIpc) is 2.60. The number of fused-ring (bicyclic) bond motifs is 1. The van der Waals surface area contributed by atoms with E-state index >= 15 is 0 Å². The highest BCUT2D eigenvalue weighted by Gasteiger charge is 2.29. The molecule has 0 saturated carbocycles. The molecule has 136 valence electrons. The zero-order chi connectivity index (χ0) is 19.1. The second kappa shape index (κ2) is 6.48. The highest BCUT2D eigenvalue weighted by molar-refractivity contribution is 6.05. The van der Waals surface area contributed by atoms with Crippen molar-refractivity contribution < 1.29 is 14.3 Å². The number of carbonyl (C=O) groups excluding carboxylic acids is 2. The number of nitrogens with zero attached hydrogens (tertiary/aromatic N) is 1. The Morgan fingerprint density at radius 2 is 1.77 bits per heavy atom. The van der Waals surface area contributed by atoms with E-state index in [-0.39, 0.29) is 17.2 Å². The van der Waals surface area contributed by atoms with Crippen molar-refractivity contribution in [1.29, 1.82) is 0 Å². The van der Waals surface area contributed by atoms with Crippen LogP contribution in [0.3, 0.4) is 0 Å². The molecule has 26 heavy (non-hydrogen) atoms. The quantitative estimate of drug-likeness (QED) is 0.889. The maximum Gasteiger partial charge on any atom is 0.267 e. The fourth-order valence-electron chi connectivity index (χ4n) is 2.91. The summed E-state index contributed by atoms with van der Waals surface area (Å²) in [5.41, 5.74) is 3.07. The van der Waals surface area contributed by atoms with E-state index in [0.717, 1.165) is 0 Å². The Morgan fingerprint density at radius 1 is 1.12 bits per heavy atom. The standard InChI is InChI=1S/C21H24N2O3/c1-13-20(25)23(5)17-12-16(10-11-18(17)26-13)22-19(24)14-6-8-15(9-7-14)21(2,3)4/h6-13H,1-5H3,(H,22,24)/t13-/m0/s1. The normalized spacial score (nSPS) is 16.7. The molecule has 2 amide bonds. The first kappa shape index (κ1) is 18.0. The van der Waals surface area contributed by atoms with Crippen molar-refractivity contribution in [2.24, 2.45) is 0 Å². The van der Waals surface area contributed by atoms with Gasteiger partial charge in [-0.15, -0.1) is 0 Å². The van der Waals surface area contributed by atoms with E-state index in [1.807, 2.05) is 24.3 Å². The van der Waals surface area contributed by atoms with Crippen LogP contribution in [0, 0.1) is 0 Å². The molecule has 1 heterocycles. The first-order valence-corrected chi connectivity index (χ1v) is 8.67. The van der Waals surface area contributed by atoms with Gasteiger partial charge in [-0.05, 0) is 48.2 Å². The Morgan fingerprint density at radius 3 is 2.38 bits per heavy atom. The maximum absolute atomic E-state index is 12.5. The van der Waals surface area contributed by atoms with Crippen LogP contribution in [0.25, 0.3) is 0 Å². The van der Waals surface area contributed by atoms with E-state index in [1.54, 1.807) is 37.1 Å². The second-order valence-corrected chi connectivity index (χ2v) is 7.62. The van der Waals surface area contributed by atoms with Gasteiger partial charge >= 0.3 is 0 Å². The van der Waals surface area contributed by atoms with Gasteiger partial charge in [0.25, 0.3) is 11.8 Å². The smallest absolute Gasteiger partial charge is 0.267 e. The lowest BCUT2D eigenvalue weighted by atomic mass is 9.87. The number of likely N-dealkylation sites (N-methyl/N-ethyl adjacent to an activating group) is 1. The Bertz CT molecular complexity index is 851. The summed E-state index contributed by atoms with van der Waals surface area (Å²) in [4.78, 5) is 26.1. The molecule has 0 spiro atoms. The van der Waals surface area contributed by atoms with E-state index in [0.29, 0.717) is 22.7 Å². The van der Waals surface area contributed by atoms with Crippen molar-refractivity contribution in [2.75, 3.05) is 17.3 Å². The Balaban J connectivity index is 1.79. The molecular weight excluding hydrogens is 328 g/mol. The van der Waals surface area contributed by atoms with Crippen molar-refractivity contribution in [3.8, 4) is 5.75 Å². The van der Waals surface area contributed by atoms with Crippen molar-refractivity contribution in [2.45, 2.75) is 39.2 Å². The molecule has 0 fully saturated rings. The first-order chi connectivity index (χ1) is 12.2. The topological polar surface area (TPSA) is 58.6 Å². The van der Waals surface area contributed by atoms with Gasteiger partial charge in [0.05, 0.1) is 5.69 Å². The second-order valence-electron chi connectivity index (χ2n) is 7.62. The molecule has 2 aromatic rings. The molecule has 0 unspecified atom stereocenters. The third kappa shape index (κ3) is 3.43. The molecule has 0 aliphatic carbocycles. The van der Waals surface area contributed by atoms with Crippen LogP contribution in [0.5, 0.6) is 5.75 Å². The summed E-state index contributed by atoms with van der Waals surface area (Å²) < 4.78 is 5.60. The van der Waals surface area contributed by atoms with Gasteiger partial charge in [0.2, 0.25) is 0 Å². The third-order valence-electron chi connectivity index (χ3n) is 4.57. The van der Waals surface area contributed by atoms with Crippen LogP contribution in [-0.2, 0) is 10.2 Å². The molecule has 0 radical (unpaired) electrons. The molecule has 0 saturated heterocycles. The minimum absolute atomic E-state index is 0.0434. The first-order valence-electron chi connectivity index (χ1n) is 8.67. The number of anilines is 2. The average molecular weight is 352 g/mol. The molecule has 1 aliphatic rings. The number of nitrogens with one attached hydrogen (secondary N) is 1. The third-order valence-corrected chi connectivity index (χ3v) is 4.57. The minimum atomic E-state index is -0.505. The van der Waals surface area contributed by atoms with E-state index < -0.39 is 6.10 Å². The van der Waals surface area contributed by atoms with Gasteiger partial charge in [0.15, 0.2) is 6.10 Å². The lowest BCUT2D eigenvalue weighted by Gasteiger charge is -2.30. The van der Waals surface area contributed by atoms with Crippen LogP contribution in [-0.4, -0.2) is 25.0 Å². The van der Waals surface area contributed by atoms with Crippen molar-refractivity contribution in [1.82, 2.24) is 0 Å². The predicted molar refractivity (Wildman–Crippen MR) is 103 cm³/mol. The Kier molecular flexibility index (Phi) is 4.48. The van der Waals surface area contributed by atoms with Gasteiger partial charge in [-0.1, -0.05) is 32.9 Å². The fourth-order valence-corrected chi connectivity index (χ4v) is 2.91. The minimum Gasteiger partial charge on any atom is -0.479 e. The number of hydrogen-bond acceptors (Lipinski definition) is 3. The highest BCUT2D eigenvalue weighted by atomic mass is 16.5. The molecule has 0 aromatic heterocycles. The van der Waals surface area contributed by atoms with Gasteiger partial charge < -0.3 is 15.0 Å². The molecule has 3 rings (SSSR count). The highest BCUT2D eigenvalue weighted by Crippen LogP contribution is 2.35. The van der Waals surface area contributed by atoms with E-state index in [4.69, 9.17) is 4.74 Å². The van der Waals surface area contributed by atoms with Crippen LogP contribution in [0.1, 0.15) is 43.6 Å². The lowest BCUT2D eigenvalue weighted by Crippen LogP contribution is -2.41. The van der Waals surface area contributed by atoms with Gasteiger partial charge in [-0.2, -0.15) is 0 Å². The van der Waals surface area contributed by atoms with Crippen molar-refractivity contribution in [3.05, 3.63) is 53.6 Å². The molecule has 5 heteroatoms. The Hall–Kier alpha value is -2.82. The fraction of sp³-hybridized carbons (Fsp3) is 0.333. The summed E-state index contributed by atoms with van der Waals surface area (Å²) in [6, 6.07) is 12.9. The molecule has 1 N–H and O–H groups in total. The largest absolute Gasteiger partial charge is 0.479 e. The number of ether oxygens (including phenoxy) is 1. The van der Waals surface area contributed by atoms with E-state index in [2.05, 4.69) is 26.1 Å². The zero-order valence-corrected chi connectivity index (χ0v) is 15.8. The van der Waals surface area contributed by atoms with E-state index in [9.17, 15) is 9.59 Å². The summed E-state index contributed by atoms with van der Waals surface area (Å²) in [7, 11) is 1.71. The van der Waals surface area contributed by atoms with Crippen LogP contribution in [0.2, 0.25) is 0 Å². The number of rotatable bonds is 2. The van der Waals surface area contributed by atoms with Crippen LogP contribution in [0.15, 0.2) is 42.5 Å². The van der Waals surface area contributed by atoms with Crippen LogP contribution >= 0.6 is 0 Å². The number of benzene rings is 2. The summed E-state index contributed by atoms with van der Waals surface area (Å²) >= 11 is 0. The van der Waals surface area contributed by atoms with Gasteiger partial charge in [-0.25, -0.2) is 0 Å². The summed E-state index contributed by atoms with van der Waals surface area (Å²) in [5, 5.41) is 2.88. The lowest BCUT2D eigenvalue weighted by molar-refractivity contribution is -0.125. The summed E-state index contributed by atoms with van der Waals surface area (Å²) in [6.07, 6.45) is -0.505. The number of hydrogen-bond donors (Lipinski definition) is 1. The predicted octanol–water partition coefficient (Wildman–Crippen LogP) is 3.98. The molecule has 0 bridgehead atoms. The summed E-state index contributed by atoms with van der Waals surface area (Å²) in [6.45, 7) is 8.13. The number of amides is 2. The van der Waals surface area contributed by atoms with Crippen molar-refractivity contribution >= 4 is 23.2 Å². The number of carbonyl (C=O) groups is 2. The molecule has 5 nitrogen and oxygen atoms in total. The van der Waals surface area contributed by atoms with Crippen LogP contribution < -0.4 is 15.0 Å². The molecule has 1 atom stereocenters. The monoisotopic (exact) mass is 352 g/mol. The van der Waals surface area contributed by atoms with Crippen molar-refractivity contribution in [3.63, 3.8) is 0 Å². The van der Waals surface area contributed by atoms with Gasteiger partial charge in [0.1, 0.15) is 5.75 Å². The van der Waals surface area contributed by atoms with Gasteiger partial charge in [-0.3, -0.25) is 9.59 Å². The summed E-state index contributed by atoms with van der Waals surface area (Å²) in [5.74, 6) is 0.329. The maximum atomic E-state index is 12.5. The van der Waals surface area contributed by atoms with Gasteiger partial charge in [0, 0.05) is 18.3 Å².